The molecule has 0 saturated carbocycles. The van der Waals surface area contributed by atoms with Gasteiger partial charge in [0.1, 0.15) is 0 Å². The number of nitrogens with one attached hydrogen (secondary N) is 1. The zero-order chi connectivity index (χ0) is 9.68. The number of nitrogens with zero attached hydrogens (tertiary/aromatic N) is 1. The van der Waals surface area contributed by atoms with Crippen LogP contribution in [0.3, 0.4) is 0 Å². The average Bonchev–Trinajstić information content (AvgIpc) is 2.15. The van der Waals surface area contributed by atoms with Gasteiger partial charge in [0.2, 0.25) is 5.91 Å². The first-order valence-corrected chi connectivity index (χ1v) is 4.84. The lowest BCUT2D eigenvalue weighted by atomic mass is 10.0. The van der Waals surface area contributed by atoms with Gasteiger partial charge in [-0.25, -0.2) is 0 Å². The van der Waals surface area contributed by atoms with Crippen molar-refractivity contribution in [1.82, 2.24) is 10.2 Å². The van der Waals surface area contributed by atoms with Gasteiger partial charge in [-0.1, -0.05) is 6.08 Å². The fourth-order valence-electron chi connectivity index (χ4n) is 1.79. The molecule has 1 amide bonds. The van der Waals surface area contributed by atoms with E-state index in [1.54, 1.807) is 13.0 Å². The van der Waals surface area contributed by atoms with Crippen LogP contribution in [-0.2, 0) is 4.79 Å². The number of amides is 1. The normalized spacial score (nSPS) is 18.2. The molecule has 3 nitrogen and oxygen atoms in total. The van der Waals surface area contributed by atoms with Crippen LogP contribution in [0, 0.1) is 0 Å². The second-order valence-electron chi connectivity index (χ2n) is 3.44. The number of rotatable bonds is 3. The van der Waals surface area contributed by atoms with E-state index < -0.39 is 0 Å². The van der Waals surface area contributed by atoms with Gasteiger partial charge in [0.25, 0.3) is 0 Å². The van der Waals surface area contributed by atoms with Gasteiger partial charge < -0.3 is 10.2 Å². The molecule has 0 radical (unpaired) electrons. The maximum Gasteiger partial charge on any atom is 0.219 e. The highest BCUT2D eigenvalue weighted by Gasteiger charge is 2.21. The van der Waals surface area contributed by atoms with Crippen molar-refractivity contribution in [2.45, 2.75) is 25.8 Å². The van der Waals surface area contributed by atoms with Gasteiger partial charge in [-0.05, 0) is 25.9 Å². The highest BCUT2D eigenvalue weighted by atomic mass is 16.2. The van der Waals surface area contributed by atoms with Crippen molar-refractivity contribution >= 4 is 5.91 Å². The number of piperidine rings is 1. The highest BCUT2D eigenvalue weighted by molar-refractivity contribution is 5.73. The van der Waals surface area contributed by atoms with Crippen LogP contribution in [0.5, 0.6) is 0 Å². The molecule has 1 saturated heterocycles. The Labute approximate surface area is 79.8 Å². The van der Waals surface area contributed by atoms with E-state index in [1.807, 2.05) is 4.90 Å². The molecule has 0 bridgehead atoms. The largest absolute Gasteiger partial charge is 0.336 e. The molecule has 0 aromatic carbocycles. The maximum absolute atomic E-state index is 11.3. The molecule has 1 N–H and O–H groups in total. The van der Waals surface area contributed by atoms with Gasteiger partial charge in [0, 0.05) is 19.5 Å². The summed E-state index contributed by atoms with van der Waals surface area (Å²) in [6, 6.07) is 0.414. The summed E-state index contributed by atoms with van der Waals surface area (Å²) in [6.07, 6.45) is 3.92. The Bertz CT molecular complexity index is 185. The predicted octanol–water partition coefficient (Wildman–Crippen LogP) is 0.773. The summed E-state index contributed by atoms with van der Waals surface area (Å²) >= 11 is 0. The highest BCUT2D eigenvalue weighted by Crippen LogP contribution is 2.11. The van der Waals surface area contributed by atoms with Gasteiger partial charge >= 0.3 is 0 Å². The van der Waals surface area contributed by atoms with Crippen LogP contribution < -0.4 is 5.32 Å². The zero-order valence-electron chi connectivity index (χ0n) is 8.25. The van der Waals surface area contributed by atoms with Crippen LogP contribution in [0.4, 0.5) is 0 Å². The summed E-state index contributed by atoms with van der Waals surface area (Å²) in [7, 11) is 0. The van der Waals surface area contributed by atoms with Crippen molar-refractivity contribution < 1.29 is 4.79 Å². The lowest BCUT2D eigenvalue weighted by molar-refractivity contribution is -0.131. The minimum Gasteiger partial charge on any atom is -0.336 e. The van der Waals surface area contributed by atoms with E-state index in [4.69, 9.17) is 0 Å². The van der Waals surface area contributed by atoms with Crippen molar-refractivity contribution in [3.8, 4) is 0 Å². The number of hydrogen-bond acceptors (Lipinski definition) is 2. The van der Waals surface area contributed by atoms with E-state index >= 15 is 0 Å². The standard InChI is InChI=1S/C10H18N2O/c1-3-8-12(9(2)13)10-4-6-11-7-5-10/h3,10-11H,1,4-8H2,2H3. The summed E-state index contributed by atoms with van der Waals surface area (Å²) in [6.45, 7) is 8.02. The van der Waals surface area contributed by atoms with Crippen LogP contribution in [0.1, 0.15) is 19.8 Å². The molecule has 0 aromatic rings. The SMILES string of the molecule is C=CCN(C(C)=O)C1CCNCC1. The van der Waals surface area contributed by atoms with Crippen molar-refractivity contribution in [3.63, 3.8) is 0 Å². The number of hydrogen-bond donors (Lipinski definition) is 1. The molecule has 0 aromatic heterocycles. The first-order chi connectivity index (χ1) is 6.25. The predicted molar refractivity (Wildman–Crippen MR) is 53.5 cm³/mol. The monoisotopic (exact) mass is 182 g/mol. The lowest BCUT2D eigenvalue weighted by Crippen LogP contribution is -2.45. The van der Waals surface area contributed by atoms with E-state index in [1.165, 1.54) is 0 Å². The molecule has 0 atom stereocenters. The molecule has 0 unspecified atom stereocenters. The summed E-state index contributed by atoms with van der Waals surface area (Å²) in [5.41, 5.74) is 0. The van der Waals surface area contributed by atoms with Gasteiger partial charge in [0.05, 0.1) is 0 Å². The Morgan fingerprint density at radius 1 is 1.62 bits per heavy atom. The Morgan fingerprint density at radius 2 is 2.23 bits per heavy atom. The minimum atomic E-state index is 0.159. The molecule has 1 fully saturated rings. The van der Waals surface area contributed by atoms with Crippen molar-refractivity contribution in [2.75, 3.05) is 19.6 Å². The number of carbonyl (C=O) groups is 1. The molecule has 1 heterocycles. The molecule has 1 aliphatic rings. The molecule has 3 heteroatoms. The van der Waals surface area contributed by atoms with Gasteiger partial charge in [-0.15, -0.1) is 6.58 Å². The van der Waals surface area contributed by atoms with E-state index in [0.717, 1.165) is 25.9 Å². The molecule has 0 aliphatic carbocycles. The summed E-state index contributed by atoms with van der Waals surface area (Å²) < 4.78 is 0. The zero-order valence-corrected chi connectivity index (χ0v) is 8.25. The Morgan fingerprint density at radius 3 is 2.69 bits per heavy atom. The van der Waals surface area contributed by atoms with Crippen LogP contribution >= 0.6 is 0 Å². The Balaban J connectivity index is 2.51. The molecular formula is C10H18N2O. The van der Waals surface area contributed by atoms with E-state index in [0.29, 0.717) is 12.6 Å². The van der Waals surface area contributed by atoms with E-state index in [9.17, 15) is 4.79 Å². The third kappa shape index (κ3) is 2.84. The average molecular weight is 182 g/mol. The van der Waals surface area contributed by atoms with Crippen LogP contribution in [-0.4, -0.2) is 36.5 Å². The fourth-order valence-corrected chi connectivity index (χ4v) is 1.79. The second kappa shape index (κ2) is 5.02. The van der Waals surface area contributed by atoms with Crippen LogP contribution in [0.15, 0.2) is 12.7 Å². The van der Waals surface area contributed by atoms with Crippen molar-refractivity contribution in [1.29, 1.82) is 0 Å². The summed E-state index contributed by atoms with van der Waals surface area (Å²) in [4.78, 5) is 13.2. The Kier molecular flexibility index (Phi) is 3.96. The van der Waals surface area contributed by atoms with Crippen LogP contribution in [0.25, 0.3) is 0 Å². The van der Waals surface area contributed by atoms with E-state index in [-0.39, 0.29) is 5.91 Å². The quantitative estimate of drug-likeness (QED) is 0.654. The third-order valence-corrected chi connectivity index (χ3v) is 2.48. The molecule has 13 heavy (non-hydrogen) atoms. The molecular weight excluding hydrogens is 164 g/mol. The topological polar surface area (TPSA) is 32.3 Å². The maximum atomic E-state index is 11.3. The first-order valence-electron chi connectivity index (χ1n) is 4.84. The molecule has 1 rings (SSSR count). The van der Waals surface area contributed by atoms with Gasteiger partial charge in [0.15, 0.2) is 0 Å². The van der Waals surface area contributed by atoms with Gasteiger partial charge in [-0.3, -0.25) is 4.79 Å². The van der Waals surface area contributed by atoms with Crippen molar-refractivity contribution in [2.24, 2.45) is 0 Å². The number of carbonyl (C=O) groups excluding carboxylic acids is 1. The van der Waals surface area contributed by atoms with Crippen LogP contribution in [0.2, 0.25) is 0 Å². The van der Waals surface area contributed by atoms with Crippen molar-refractivity contribution in [3.05, 3.63) is 12.7 Å². The lowest BCUT2D eigenvalue weighted by Gasteiger charge is -2.33. The van der Waals surface area contributed by atoms with E-state index in [2.05, 4.69) is 11.9 Å². The molecule has 0 spiro atoms. The second-order valence-corrected chi connectivity index (χ2v) is 3.44. The van der Waals surface area contributed by atoms with Gasteiger partial charge in [-0.2, -0.15) is 0 Å². The minimum absolute atomic E-state index is 0.159. The third-order valence-electron chi connectivity index (χ3n) is 2.48. The fraction of sp³-hybridized carbons (Fsp3) is 0.700. The summed E-state index contributed by atoms with van der Waals surface area (Å²) in [5.74, 6) is 0.159. The smallest absolute Gasteiger partial charge is 0.219 e. The first kappa shape index (κ1) is 10.3. The molecule has 74 valence electrons. The Hall–Kier alpha value is -0.830. The molecule has 1 aliphatic heterocycles. The summed E-state index contributed by atoms with van der Waals surface area (Å²) in [5, 5.41) is 3.29.